The van der Waals surface area contributed by atoms with Crippen molar-refractivity contribution in [2.75, 3.05) is 19.6 Å². The first-order valence-corrected chi connectivity index (χ1v) is 7.19. The highest BCUT2D eigenvalue weighted by molar-refractivity contribution is 4.78. The summed E-state index contributed by atoms with van der Waals surface area (Å²) >= 11 is 0. The van der Waals surface area contributed by atoms with Gasteiger partial charge in [0.15, 0.2) is 0 Å². The quantitative estimate of drug-likeness (QED) is 0.817. The number of hydrogen-bond acceptors (Lipinski definition) is 3. The van der Waals surface area contributed by atoms with Gasteiger partial charge in [-0.1, -0.05) is 25.7 Å². The summed E-state index contributed by atoms with van der Waals surface area (Å²) in [5.41, 5.74) is 0. The third-order valence-corrected chi connectivity index (χ3v) is 4.04. The minimum Gasteiger partial charge on any atom is -0.392 e. The summed E-state index contributed by atoms with van der Waals surface area (Å²) in [6.45, 7) is 6.99. The number of nitrogens with zero attached hydrogens (tertiary/aromatic N) is 1. The van der Waals surface area contributed by atoms with E-state index in [1.54, 1.807) is 0 Å². The molecule has 1 heterocycles. The number of β-amino-alcohol motifs (C(OH)–C–C–N with tert-alkyl or cyclic N) is 1. The predicted molar refractivity (Wildman–Crippen MR) is 69.0 cm³/mol. The lowest BCUT2D eigenvalue weighted by molar-refractivity contribution is -0.0775. The van der Waals surface area contributed by atoms with Crippen LogP contribution in [0.15, 0.2) is 0 Å². The summed E-state index contributed by atoms with van der Waals surface area (Å²) in [6, 6.07) is 0. The summed E-state index contributed by atoms with van der Waals surface area (Å²) in [5, 5.41) is 10.2. The molecule has 1 saturated carbocycles. The molecule has 1 saturated heterocycles. The molecule has 2 aliphatic rings. The summed E-state index contributed by atoms with van der Waals surface area (Å²) in [6.07, 6.45) is 6.84. The Labute approximate surface area is 105 Å². The van der Waals surface area contributed by atoms with Crippen LogP contribution in [0.5, 0.6) is 0 Å². The Bertz CT molecular complexity index is 218. The molecular weight excluding hydrogens is 214 g/mol. The van der Waals surface area contributed by atoms with Crippen LogP contribution in [-0.4, -0.2) is 48.0 Å². The van der Waals surface area contributed by atoms with Gasteiger partial charge in [0.05, 0.1) is 18.3 Å². The number of aliphatic hydroxyl groups is 1. The first-order valence-electron chi connectivity index (χ1n) is 7.19. The number of aliphatic hydroxyl groups excluding tert-OH is 1. The van der Waals surface area contributed by atoms with Crippen LogP contribution >= 0.6 is 0 Å². The zero-order chi connectivity index (χ0) is 12.3. The van der Waals surface area contributed by atoms with Gasteiger partial charge >= 0.3 is 0 Å². The van der Waals surface area contributed by atoms with Gasteiger partial charge in [0.1, 0.15) is 0 Å². The van der Waals surface area contributed by atoms with Crippen LogP contribution in [0, 0.1) is 5.92 Å². The fourth-order valence-corrected chi connectivity index (χ4v) is 3.44. The smallest absolute Gasteiger partial charge is 0.0678 e. The molecular formula is C14H27NO2. The molecule has 1 aliphatic carbocycles. The second kappa shape index (κ2) is 6.17. The van der Waals surface area contributed by atoms with E-state index in [0.717, 1.165) is 32.0 Å². The lowest BCUT2D eigenvalue weighted by Crippen LogP contribution is -2.48. The Kier molecular flexibility index (Phi) is 4.83. The van der Waals surface area contributed by atoms with Crippen LogP contribution in [0.2, 0.25) is 0 Å². The molecule has 0 bridgehead atoms. The first-order chi connectivity index (χ1) is 8.13. The molecule has 1 unspecified atom stereocenters. The molecule has 0 radical (unpaired) electrons. The maximum absolute atomic E-state index is 10.2. The minimum atomic E-state index is -0.143. The second-order valence-electron chi connectivity index (χ2n) is 6.02. The number of hydrogen-bond donors (Lipinski definition) is 1. The van der Waals surface area contributed by atoms with Crippen LogP contribution in [0.1, 0.15) is 46.0 Å². The number of ether oxygens (including phenoxy) is 1. The molecule has 1 aliphatic heterocycles. The standard InChI is InChI=1S/C14H27NO2/c1-11-8-15(9-12(2)17-11)10-14(16)7-13-5-3-4-6-13/h11-14,16H,3-10H2,1-2H3/t11-,12+,14?. The zero-order valence-corrected chi connectivity index (χ0v) is 11.3. The van der Waals surface area contributed by atoms with Crippen molar-refractivity contribution in [1.29, 1.82) is 0 Å². The maximum atomic E-state index is 10.2. The van der Waals surface area contributed by atoms with E-state index in [1.165, 1.54) is 25.7 Å². The average Bonchev–Trinajstić information content (AvgIpc) is 2.67. The first kappa shape index (κ1) is 13.3. The topological polar surface area (TPSA) is 32.7 Å². The molecule has 0 aromatic carbocycles. The monoisotopic (exact) mass is 241 g/mol. The normalized spacial score (nSPS) is 34.1. The lowest BCUT2D eigenvalue weighted by atomic mass is 9.99. The van der Waals surface area contributed by atoms with Crippen LogP contribution in [-0.2, 0) is 4.74 Å². The summed E-state index contributed by atoms with van der Waals surface area (Å²) < 4.78 is 5.71. The molecule has 3 heteroatoms. The van der Waals surface area contributed by atoms with Crippen molar-refractivity contribution in [2.45, 2.75) is 64.3 Å². The molecule has 100 valence electrons. The lowest BCUT2D eigenvalue weighted by Gasteiger charge is -2.36. The third kappa shape index (κ3) is 4.23. The SMILES string of the molecule is C[C@@H]1CN(CC(O)CC2CCCC2)C[C@H](C)O1. The van der Waals surface area contributed by atoms with Gasteiger partial charge in [0.25, 0.3) is 0 Å². The second-order valence-corrected chi connectivity index (χ2v) is 6.02. The van der Waals surface area contributed by atoms with E-state index in [-0.39, 0.29) is 6.10 Å². The van der Waals surface area contributed by atoms with Gasteiger partial charge in [-0.05, 0) is 26.2 Å². The zero-order valence-electron chi connectivity index (χ0n) is 11.3. The van der Waals surface area contributed by atoms with Gasteiger partial charge < -0.3 is 9.84 Å². The summed E-state index contributed by atoms with van der Waals surface area (Å²) in [7, 11) is 0. The molecule has 0 amide bonds. The van der Waals surface area contributed by atoms with E-state index in [9.17, 15) is 5.11 Å². The summed E-state index contributed by atoms with van der Waals surface area (Å²) in [5.74, 6) is 0.779. The molecule has 3 nitrogen and oxygen atoms in total. The molecule has 17 heavy (non-hydrogen) atoms. The van der Waals surface area contributed by atoms with E-state index in [1.807, 2.05) is 0 Å². The number of rotatable bonds is 4. The van der Waals surface area contributed by atoms with Crippen molar-refractivity contribution in [3.63, 3.8) is 0 Å². The largest absolute Gasteiger partial charge is 0.392 e. The van der Waals surface area contributed by atoms with Crippen LogP contribution in [0.25, 0.3) is 0 Å². The Morgan fingerprint density at radius 2 is 1.76 bits per heavy atom. The highest BCUT2D eigenvalue weighted by Gasteiger charge is 2.25. The average molecular weight is 241 g/mol. The van der Waals surface area contributed by atoms with Gasteiger partial charge in [-0.25, -0.2) is 0 Å². The van der Waals surface area contributed by atoms with Crippen LogP contribution in [0.4, 0.5) is 0 Å². The highest BCUT2D eigenvalue weighted by Crippen LogP contribution is 2.28. The van der Waals surface area contributed by atoms with Crippen molar-refractivity contribution >= 4 is 0 Å². The maximum Gasteiger partial charge on any atom is 0.0678 e. The third-order valence-electron chi connectivity index (χ3n) is 4.04. The Morgan fingerprint density at radius 1 is 1.18 bits per heavy atom. The Morgan fingerprint density at radius 3 is 2.35 bits per heavy atom. The van der Waals surface area contributed by atoms with Gasteiger partial charge in [-0.3, -0.25) is 4.90 Å². The van der Waals surface area contributed by atoms with E-state index < -0.39 is 0 Å². The Balaban J connectivity index is 1.71. The number of morpholine rings is 1. The van der Waals surface area contributed by atoms with Crippen LogP contribution < -0.4 is 0 Å². The molecule has 2 rings (SSSR count). The molecule has 1 N–H and O–H groups in total. The van der Waals surface area contributed by atoms with Gasteiger partial charge in [0.2, 0.25) is 0 Å². The summed E-state index contributed by atoms with van der Waals surface area (Å²) in [4.78, 5) is 2.36. The van der Waals surface area contributed by atoms with Crippen molar-refractivity contribution in [3.8, 4) is 0 Å². The van der Waals surface area contributed by atoms with Crippen molar-refractivity contribution < 1.29 is 9.84 Å². The van der Waals surface area contributed by atoms with Crippen molar-refractivity contribution in [1.82, 2.24) is 4.90 Å². The molecule has 0 spiro atoms. The van der Waals surface area contributed by atoms with Crippen molar-refractivity contribution in [3.05, 3.63) is 0 Å². The van der Waals surface area contributed by atoms with Crippen LogP contribution in [0.3, 0.4) is 0 Å². The molecule has 0 aromatic rings. The van der Waals surface area contributed by atoms with E-state index >= 15 is 0 Å². The van der Waals surface area contributed by atoms with E-state index in [2.05, 4.69) is 18.7 Å². The van der Waals surface area contributed by atoms with Gasteiger partial charge in [0, 0.05) is 19.6 Å². The minimum absolute atomic E-state index is 0.143. The Hall–Kier alpha value is -0.120. The van der Waals surface area contributed by atoms with E-state index in [4.69, 9.17) is 4.74 Å². The predicted octanol–water partition coefficient (Wildman–Crippen LogP) is 2.04. The van der Waals surface area contributed by atoms with Gasteiger partial charge in [-0.15, -0.1) is 0 Å². The van der Waals surface area contributed by atoms with E-state index in [0.29, 0.717) is 12.2 Å². The molecule has 0 aromatic heterocycles. The highest BCUT2D eigenvalue weighted by atomic mass is 16.5. The fraction of sp³-hybridized carbons (Fsp3) is 1.00. The van der Waals surface area contributed by atoms with Crippen molar-refractivity contribution in [2.24, 2.45) is 5.92 Å². The van der Waals surface area contributed by atoms with Gasteiger partial charge in [-0.2, -0.15) is 0 Å². The fourth-order valence-electron chi connectivity index (χ4n) is 3.44. The molecule has 2 fully saturated rings. The molecule has 3 atom stereocenters.